The van der Waals surface area contributed by atoms with Crippen LogP contribution in [0, 0.1) is 11.8 Å². The third-order valence-corrected chi connectivity index (χ3v) is 3.23. The van der Waals surface area contributed by atoms with Crippen molar-refractivity contribution < 1.29 is 5.11 Å². The van der Waals surface area contributed by atoms with Crippen molar-refractivity contribution in [2.45, 2.75) is 66.0 Å². The first-order valence-electron chi connectivity index (χ1n) is 6.21. The minimum atomic E-state index is -0.591. The molecule has 2 N–H and O–H groups in total. The molecule has 0 aliphatic heterocycles. The van der Waals surface area contributed by atoms with Crippen LogP contribution in [0.15, 0.2) is 0 Å². The van der Waals surface area contributed by atoms with E-state index in [0.717, 1.165) is 5.92 Å². The highest BCUT2D eigenvalue weighted by Gasteiger charge is 2.24. The second-order valence-corrected chi connectivity index (χ2v) is 5.77. The molecule has 0 saturated carbocycles. The van der Waals surface area contributed by atoms with Crippen LogP contribution in [-0.4, -0.2) is 23.3 Å². The number of rotatable bonds is 7. The summed E-state index contributed by atoms with van der Waals surface area (Å²) < 4.78 is 0. The van der Waals surface area contributed by atoms with Crippen molar-refractivity contribution in [3.63, 3.8) is 0 Å². The molecule has 0 heterocycles. The van der Waals surface area contributed by atoms with E-state index in [0.29, 0.717) is 18.5 Å². The van der Waals surface area contributed by atoms with Crippen LogP contribution < -0.4 is 5.32 Å². The molecule has 0 fully saturated rings. The van der Waals surface area contributed by atoms with Crippen LogP contribution in [0.5, 0.6) is 0 Å². The molecule has 0 aromatic heterocycles. The number of hydrogen-bond acceptors (Lipinski definition) is 2. The van der Waals surface area contributed by atoms with E-state index in [1.165, 1.54) is 12.8 Å². The lowest BCUT2D eigenvalue weighted by molar-refractivity contribution is 0.0119. The van der Waals surface area contributed by atoms with Crippen molar-refractivity contribution in [1.29, 1.82) is 0 Å². The first kappa shape index (κ1) is 14.9. The van der Waals surface area contributed by atoms with Gasteiger partial charge in [0.25, 0.3) is 0 Å². The summed E-state index contributed by atoms with van der Waals surface area (Å²) in [7, 11) is 0. The zero-order valence-corrected chi connectivity index (χ0v) is 11.3. The topological polar surface area (TPSA) is 32.3 Å². The van der Waals surface area contributed by atoms with Crippen LogP contribution >= 0.6 is 0 Å². The van der Waals surface area contributed by atoms with Gasteiger partial charge in [0.1, 0.15) is 0 Å². The highest BCUT2D eigenvalue weighted by molar-refractivity contribution is 4.80. The second kappa shape index (κ2) is 6.49. The highest BCUT2D eigenvalue weighted by Crippen LogP contribution is 2.15. The third kappa shape index (κ3) is 6.91. The lowest BCUT2D eigenvalue weighted by Crippen LogP contribution is -2.45. The fraction of sp³-hybridized carbons (Fsp3) is 1.00. The lowest BCUT2D eigenvalue weighted by Gasteiger charge is -2.29. The van der Waals surface area contributed by atoms with E-state index < -0.39 is 5.60 Å². The van der Waals surface area contributed by atoms with Gasteiger partial charge in [0, 0.05) is 12.6 Å². The Balaban J connectivity index is 3.75. The molecule has 92 valence electrons. The monoisotopic (exact) mass is 215 g/mol. The van der Waals surface area contributed by atoms with Crippen LogP contribution in [0.3, 0.4) is 0 Å². The minimum absolute atomic E-state index is 0.294. The van der Waals surface area contributed by atoms with E-state index in [1.807, 2.05) is 6.92 Å². The molecule has 2 unspecified atom stereocenters. The van der Waals surface area contributed by atoms with Crippen LogP contribution in [0.1, 0.15) is 54.4 Å². The summed E-state index contributed by atoms with van der Waals surface area (Å²) in [5.74, 6) is 1.06. The SMILES string of the molecule is CC(C)CCC(C)NCC(C)(O)C(C)C. The van der Waals surface area contributed by atoms with Crippen LogP contribution in [0.4, 0.5) is 0 Å². The Kier molecular flexibility index (Phi) is 6.46. The van der Waals surface area contributed by atoms with Crippen molar-refractivity contribution in [1.82, 2.24) is 5.32 Å². The molecular weight excluding hydrogens is 186 g/mol. The van der Waals surface area contributed by atoms with Gasteiger partial charge in [-0.25, -0.2) is 0 Å². The summed E-state index contributed by atoms with van der Waals surface area (Å²) in [4.78, 5) is 0. The summed E-state index contributed by atoms with van der Waals surface area (Å²) in [5, 5.41) is 13.5. The quantitative estimate of drug-likeness (QED) is 0.684. The van der Waals surface area contributed by atoms with Crippen LogP contribution in [0.2, 0.25) is 0 Å². The van der Waals surface area contributed by atoms with Gasteiger partial charge in [-0.1, -0.05) is 27.7 Å². The maximum atomic E-state index is 10.1. The molecule has 0 aliphatic rings. The Bertz CT molecular complexity index is 164. The Morgan fingerprint density at radius 2 is 1.60 bits per heavy atom. The van der Waals surface area contributed by atoms with E-state index in [1.54, 1.807) is 0 Å². The van der Waals surface area contributed by atoms with Gasteiger partial charge in [-0.2, -0.15) is 0 Å². The predicted molar refractivity (Wildman–Crippen MR) is 67.0 cm³/mol. The van der Waals surface area contributed by atoms with E-state index in [4.69, 9.17) is 0 Å². The Labute approximate surface area is 95.5 Å². The van der Waals surface area contributed by atoms with E-state index in [2.05, 4.69) is 39.9 Å². The largest absolute Gasteiger partial charge is 0.389 e. The lowest BCUT2D eigenvalue weighted by atomic mass is 9.92. The molecule has 0 bridgehead atoms. The van der Waals surface area contributed by atoms with Crippen LogP contribution in [-0.2, 0) is 0 Å². The van der Waals surface area contributed by atoms with Crippen LogP contribution in [0.25, 0.3) is 0 Å². The zero-order chi connectivity index (χ0) is 12.1. The highest BCUT2D eigenvalue weighted by atomic mass is 16.3. The van der Waals surface area contributed by atoms with Crippen molar-refractivity contribution in [3.8, 4) is 0 Å². The third-order valence-electron chi connectivity index (χ3n) is 3.23. The predicted octanol–water partition coefficient (Wildman–Crippen LogP) is 2.81. The molecule has 15 heavy (non-hydrogen) atoms. The smallest absolute Gasteiger partial charge is 0.0766 e. The first-order valence-corrected chi connectivity index (χ1v) is 6.21. The molecule has 0 rings (SSSR count). The molecule has 2 heteroatoms. The van der Waals surface area contributed by atoms with E-state index in [-0.39, 0.29) is 0 Å². The standard InChI is InChI=1S/C13H29NO/c1-10(2)7-8-12(5)14-9-13(6,15)11(3)4/h10-12,14-15H,7-9H2,1-6H3. The zero-order valence-electron chi connectivity index (χ0n) is 11.3. The Morgan fingerprint density at radius 1 is 1.07 bits per heavy atom. The van der Waals surface area contributed by atoms with Crippen molar-refractivity contribution in [3.05, 3.63) is 0 Å². The Morgan fingerprint density at radius 3 is 2.00 bits per heavy atom. The molecule has 0 aromatic rings. The average Bonchev–Trinajstić information content (AvgIpc) is 2.11. The fourth-order valence-corrected chi connectivity index (χ4v) is 1.27. The van der Waals surface area contributed by atoms with E-state index >= 15 is 0 Å². The van der Waals surface area contributed by atoms with Crippen molar-refractivity contribution >= 4 is 0 Å². The van der Waals surface area contributed by atoms with Crippen molar-refractivity contribution in [2.24, 2.45) is 11.8 Å². The van der Waals surface area contributed by atoms with Gasteiger partial charge in [-0.3, -0.25) is 0 Å². The molecule has 0 aromatic carbocycles. The fourth-order valence-electron chi connectivity index (χ4n) is 1.27. The second-order valence-electron chi connectivity index (χ2n) is 5.77. The van der Waals surface area contributed by atoms with E-state index in [9.17, 15) is 5.11 Å². The van der Waals surface area contributed by atoms with Gasteiger partial charge in [0.2, 0.25) is 0 Å². The molecule has 0 amide bonds. The number of hydrogen-bond donors (Lipinski definition) is 2. The minimum Gasteiger partial charge on any atom is -0.389 e. The normalized spacial score (nSPS) is 18.2. The summed E-state index contributed by atoms with van der Waals surface area (Å²) in [6, 6.07) is 0.498. The molecule has 0 radical (unpaired) electrons. The van der Waals surface area contributed by atoms with Gasteiger partial charge in [-0.15, -0.1) is 0 Å². The molecule has 0 aliphatic carbocycles. The summed E-state index contributed by atoms with van der Waals surface area (Å²) >= 11 is 0. The molecule has 0 spiro atoms. The maximum Gasteiger partial charge on any atom is 0.0766 e. The first-order chi connectivity index (χ1) is 6.75. The summed E-state index contributed by atoms with van der Waals surface area (Å²) in [5.41, 5.74) is -0.591. The maximum absolute atomic E-state index is 10.1. The molecule has 2 nitrogen and oxygen atoms in total. The Hall–Kier alpha value is -0.0800. The molecule has 0 saturated heterocycles. The molecule has 2 atom stereocenters. The van der Waals surface area contributed by atoms with Gasteiger partial charge < -0.3 is 10.4 Å². The molecular formula is C13H29NO. The van der Waals surface area contributed by atoms with Crippen molar-refractivity contribution in [2.75, 3.05) is 6.54 Å². The summed E-state index contributed by atoms with van der Waals surface area (Å²) in [6.45, 7) is 13.4. The van der Waals surface area contributed by atoms with Gasteiger partial charge in [0.15, 0.2) is 0 Å². The van der Waals surface area contributed by atoms with Gasteiger partial charge >= 0.3 is 0 Å². The van der Waals surface area contributed by atoms with Gasteiger partial charge in [-0.05, 0) is 38.5 Å². The summed E-state index contributed by atoms with van der Waals surface area (Å²) in [6.07, 6.45) is 2.43. The number of aliphatic hydroxyl groups is 1. The number of nitrogens with one attached hydrogen (secondary N) is 1. The average molecular weight is 215 g/mol. The van der Waals surface area contributed by atoms with Gasteiger partial charge in [0.05, 0.1) is 5.60 Å².